The Morgan fingerprint density at radius 2 is 2.04 bits per heavy atom. The van der Waals surface area contributed by atoms with Gasteiger partial charge in [0.1, 0.15) is 23.8 Å². The maximum atomic E-state index is 12.0. The monoisotopic (exact) mass is 326 g/mol. The molecule has 1 N–H and O–H groups in total. The van der Waals surface area contributed by atoms with Gasteiger partial charge in [0, 0.05) is 35.7 Å². The van der Waals surface area contributed by atoms with E-state index in [1.54, 1.807) is 24.7 Å². The molecule has 116 valence electrons. The van der Waals surface area contributed by atoms with Crippen LogP contribution in [-0.4, -0.2) is 36.2 Å². The van der Waals surface area contributed by atoms with Gasteiger partial charge in [-0.3, -0.25) is 14.3 Å². The van der Waals surface area contributed by atoms with Crippen molar-refractivity contribution in [2.45, 2.75) is 11.8 Å². The van der Waals surface area contributed by atoms with E-state index in [1.165, 1.54) is 18.1 Å². The van der Waals surface area contributed by atoms with E-state index in [0.717, 1.165) is 10.7 Å². The van der Waals surface area contributed by atoms with E-state index in [-0.39, 0.29) is 5.91 Å². The highest BCUT2D eigenvalue weighted by atomic mass is 32.2. The van der Waals surface area contributed by atoms with Crippen molar-refractivity contribution >= 4 is 23.5 Å². The van der Waals surface area contributed by atoms with E-state index in [2.05, 4.69) is 25.3 Å². The van der Waals surface area contributed by atoms with Crippen LogP contribution in [0.1, 0.15) is 5.82 Å². The molecule has 0 saturated carbocycles. The van der Waals surface area contributed by atoms with Gasteiger partial charge in [-0.2, -0.15) is 0 Å². The first-order chi connectivity index (χ1) is 11.2. The van der Waals surface area contributed by atoms with Crippen molar-refractivity contribution in [2.75, 3.05) is 11.1 Å². The zero-order valence-corrected chi connectivity index (χ0v) is 13.2. The summed E-state index contributed by atoms with van der Waals surface area (Å²) in [7, 11) is 0. The largest absolute Gasteiger partial charge is 0.310 e. The quantitative estimate of drug-likeness (QED) is 0.723. The second kappa shape index (κ2) is 7.01. The minimum absolute atomic E-state index is 0.126. The van der Waals surface area contributed by atoms with E-state index < -0.39 is 0 Å². The van der Waals surface area contributed by atoms with E-state index >= 15 is 0 Å². The number of aromatic nitrogens is 5. The maximum absolute atomic E-state index is 12.0. The summed E-state index contributed by atoms with van der Waals surface area (Å²) in [5.41, 5.74) is 0. The average Bonchev–Trinajstić information content (AvgIpc) is 3.00. The molecule has 0 aliphatic rings. The Morgan fingerprint density at radius 3 is 2.78 bits per heavy atom. The molecular weight excluding hydrogens is 312 g/mol. The average molecular weight is 326 g/mol. The SMILES string of the molecule is Cc1nccn1-c1cc(NC(=O)CSc2ccncc2)ncn1. The number of carbonyl (C=O) groups is 1. The number of aryl methyl sites for hydroxylation is 1. The van der Waals surface area contributed by atoms with Gasteiger partial charge in [0.25, 0.3) is 0 Å². The van der Waals surface area contributed by atoms with E-state index in [0.29, 0.717) is 17.4 Å². The van der Waals surface area contributed by atoms with Gasteiger partial charge < -0.3 is 5.32 Å². The first-order valence-electron chi connectivity index (χ1n) is 6.87. The normalized spacial score (nSPS) is 10.5. The lowest BCUT2D eigenvalue weighted by molar-refractivity contribution is -0.113. The van der Waals surface area contributed by atoms with E-state index in [1.807, 2.05) is 29.8 Å². The summed E-state index contributed by atoms with van der Waals surface area (Å²) in [5, 5.41) is 2.77. The van der Waals surface area contributed by atoms with Crippen LogP contribution in [0.4, 0.5) is 5.82 Å². The van der Waals surface area contributed by atoms with Crippen LogP contribution in [0.2, 0.25) is 0 Å². The van der Waals surface area contributed by atoms with Crippen LogP contribution in [-0.2, 0) is 4.79 Å². The van der Waals surface area contributed by atoms with Gasteiger partial charge in [-0.05, 0) is 19.1 Å². The van der Waals surface area contributed by atoms with Gasteiger partial charge in [-0.25, -0.2) is 15.0 Å². The van der Waals surface area contributed by atoms with Crippen molar-refractivity contribution in [1.29, 1.82) is 0 Å². The second-order valence-corrected chi connectivity index (χ2v) is 5.67. The van der Waals surface area contributed by atoms with Crippen molar-refractivity contribution < 1.29 is 4.79 Å². The fraction of sp³-hybridized carbons (Fsp3) is 0.133. The fourth-order valence-electron chi connectivity index (χ4n) is 1.93. The standard InChI is InChI=1S/C15H14N6OS/c1-11-17-6-7-21(11)14-8-13(18-10-19-14)20-15(22)9-23-12-2-4-16-5-3-12/h2-8,10H,9H2,1H3,(H,18,19,20,22). The number of imidazole rings is 1. The summed E-state index contributed by atoms with van der Waals surface area (Å²) < 4.78 is 1.82. The molecule has 23 heavy (non-hydrogen) atoms. The highest BCUT2D eigenvalue weighted by molar-refractivity contribution is 8.00. The highest BCUT2D eigenvalue weighted by Gasteiger charge is 2.07. The van der Waals surface area contributed by atoms with E-state index in [9.17, 15) is 4.79 Å². The lowest BCUT2D eigenvalue weighted by Gasteiger charge is -2.07. The molecule has 0 aromatic carbocycles. The molecule has 0 radical (unpaired) electrons. The van der Waals surface area contributed by atoms with Crippen LogP contribution in [0.15, 0.2) is 54.2 Å². The van der Waals surface area contributed by atoms with Gasteiger partial charge in [-0.1, -0.05) is 0 Å². The van der Waals surface area contributed by atoms with Crippen molar-refractivity contribution in [1.82, 2.24) is 24.5 Å². The van der Waals surface area contributed by atoms with Crippen LogP contribution < -0.4 is 5.32 Å². The van der Waals surface area contributed by atoms with Crippen LogP contribution in [0.5, 0.6) is 0 Å². The first kappa shape index (κ1) is 15.2. The molecule has 0 aliphatic heterocycles. The number of thioether (sulfide) groups is 1. The third kappa shape index (κ3) is 3.92. The molecule has 3 aromatic heterocycles. The number of amides is 1. The Bertz CT molecular complexity index is 804. The summed E-state index contributed by atoms with van der Waals surface area (Å²) in [5.74, 6) is 2.11. The fourth-order valence-corrected chi connectivity index (χ4v) is 2.61. The van der Waals surface area contributed by atoms with Crippen molar-refractivity contribution in [3.05, 3.63) is 55.1 Å². The third-order valence-electron chi connectivity index (χ3n) is 3.01. The van der Waals surface area contributed by atoms with Crippen molar-refractivity contribution in [3.8, 4) is 5.82 Å². The molecule has 0 spiro atoms. The zero-order chi connectivity index (χ0) is 16.1. The maximum Gasteiger partial charge on any atom is 0.235 e. The summed E-state index contributed by atoms with van der Waals surface area (Å²) in [6.07, 6.45) is 8.32. The van der Waals surface area contributed by atoms with E-state index in [4.69, 9.17) is 0 Å². The zero-order valence-electron chi connectivity index (χ0n) is 12.4. The smallest absolute Gasteiger partial charge is 0.235 e. The number of carbonyl (C=O) groups excluding carboxylic acids is 1. The Labute approximate surface area is 137 Å². The molecule has 0 saturated heterocycles. The van der Waals surface area contributed by atoms with Gasteiger partial charge in [0.15, 0.2) is 0 Å². The Balaban J connectivity index is 1.64. The molecule has 0 atom stereocenters. The Hall–Kier alpha value is -2.74. The molecule has 0 fully saturated rings. The number of hydrogen-bond acceptors (Lipinski definition) is 6. The minimum atomic E-state index is -0.126. The van der Waals surface area contributed by atoms with Gasteiger partial charge >= 0.3 is 0 Å². The second-order valence-electron chi connectivity index (χ2n) is 4.63. The van der Waals surface area contributed by atoms with Gasteiger partial charge in [-0.15, -0.1) is 11.8 Å². The molecule has 8 heteroatoms. The summed E-state index contributed by atoms with van der Waals surface area (Å²) in [4.78, 5) is 29.4. The van der Waals surface area contributed by atoms with Gasteiger partial charge in [0.2, 0.25) is 5.91 Å². The Kier molecular flexibility index (Phi) is 4.62. The molecule has 0 bridgehead atoms. The molecule has 7 nitrogen and oxygen atoms in total. The number of nitrogens with one attached hydrogen (secondary N) is 1. The summed E-state index contributed by atoms with van der Waals surface area (Å²) in [6.45, 7) is 1.88. The van der Waals surface area contributed by atoms with Crippen LogP contribution in [0.3, 0.4) is 0 Å². The molecule has 3 heterocycles. The number of rotatable bonds is 5. The number of hydrogen-bond donors (Lipinski definition) is 1. The lowest BCUT2D eigenvalue weighted by atomic mass is 10.5. The highest BCUT2D eigenvalue weighted by Crippen LogP contribution is 2.17. The predicted molar refractivity (Wildman–Crippen MR) is 87.5 cm³/mol. The predicted octanol–water partition coefficient (Wildman–Crippen LogP) is 2.10. The molecule has 3 rings (SSSR count). The molecular formula is C15H14N6OS. The number of anilines is 1. The number of nitrogens with zero attached hydrogens (tertiary/aromatic N) is 5. The summed E-state index contributed by atoms with van der Waals surface area (Å²) in [6, 6.07) is 5.44. The Morgan fingerprint density at radius 1 is 1.22 bits per heavy atom. The van der Waals surface area contributed by atoms with Gasteiger partial charge in [0.05, 0.1) is 5.75 Å². The first-order valence-corrected chi connectivity index (χ1v) is 7.86. The van der Waals surface area contributed by atoms with Crippen molar-refractivity contribution in [2.24, 2.45) is 0 Å². The topological polar surface area (TPSA) is 85.6 Å². The third-order valence-corrected chi connectivity index (χ3v) is 4.02. The summed E-state index contributed by atoms with van der Waals surface area (Å²) >= 11 is 1.44. The molecule has 0 aliphatic carbocycles. The van der Waals surface area contributed by atoms with Crippen LogP contribution in [0.25, 0.3) is 5.82 Å². The molecule has 3 aromatic rings. The molecule has 0 unspecified atom stereocenters. The van der Waals surface area contributed by atoms with Crippen molar-refractivity contribution in [3.63, 3.8) is 0 Å². The van der Waals surface area contributed by atoms with Crippen LogP contribution in [0, 0.1) is 6.92 Å². The molecule has 1 amide bonds. The number of pyridine rings is 1. The van der Waals surface area contributed by atoms with Crippen LogP contribution >= 0.6 is 11.8 Å². The lowest BCUT2D eigenvalue weighted by Crippen LogP contribution is -2.15. The minimum Gasteiger partial charge on any atom is -0.310 e.